The summed E-state index contributed by atoms with van der Waals surface area (Å²) in [7, 11) is 0. The van der Waals surface area contributed by atoms with Gasteiger partial charge >= 0.3 is 0 Å². The lowest BCUT2D eigenvalue weighted by atomic mass is 9.85. The number of carbonyl (C=O) groups is 1. The Hall–Kier alpha value is -1.24. The monoisotopic (exact) mass is 324 g/mol. The molecule has 2 aromatic rings. The highest BCUT2D eigenvalue weighted by Gasteiger charge is 2.26. The molecule has 2 N–H and O–H groups in total. The third kappa shape index (κ3) is 4.12. The van der Waals surface area contributed by atoms with E-state index >= 15 is 0 Å². The SMILES string of the molecule is CC(C)(C)C(CCO)NC(=O)c1csc(-c2ccsc2)n1. The second-order valence-corrected chi connectivity index (χ2v) is 7.59. The Morgan fingerprint density at radius 1 is 1.43 bits per heavy atom. The normalized spacial score (nSPS) is 13.1. The van der Waals surface area contributed by atoms with Crippen LogP contribution < -0.4 is 5.32 Å². The summed E-state index contributed by atoms with van der Waals surface area (Å²) in [6.45, 7) is 6.20. The molecule has 1 unspecified atom stereocenters. The lowest BCUT2D eigenvalue weighted by Crippen LogP contribution is -2.44. The van der Waals surface area contributed by atoms with E-state index in [0.29, 0.717) is 12.1 Å². The highest BCUT2D eigenvalue weighted by atomic mass is 32.1. The van der Waals surface area contributed by atoms with Crippen LogP contribution in [0.1, 0.15) is 37.7 Å². The van der Waals surface area contributed by atoms with Crippen molar-refractivity contribution in [3.63, 3.8) is 0 Å². The van der Waals surface area contributed by atoms with Gasteiger partial charge in [0.1, 0.15) is 10.7 Å². The van der Waals surface area contributed by atoms with E-state index in [0.717, 1.165) is 10.6 Å². The van der Waals surface area contributed by atoms with Crippen LogP contribution in [0.15, 0.2) is 22.2 Å². The van der Waals surface area contributed by atoms with Gasteiger partial charge in [-0.05, 0) is 23.3 Å². The standard InChI is InChI=1S/C15H20N2O2S2/c1-15(2,3)12(4-6-18)17-13(19)11-9-21-14(16-11)10-5-7-20-8-10/h5,7-9,12,18H,4,6H2,1-3H3,(H,17,19). The first-order valence-electron chi connectivity index (χ1n) is 6.81. The number of aliphatic hydroxyl groups is 1. The smallest absolute Gasteiger partial charge is 0.271 e. The van der Waals surface area contributed by atoms with E-state index in [1.165, 1.54) is 11.3 Å². The molecule has 2 rings (SSSR count). The van der Waals surface area contributed by atoms with E-state index in [1.807, 2.05) is 37.6 Å². The first kappa shape index (κ1) is 16.1. The number of aliphatic hydroxyl groups excluding tert-OH is 1. The maximum Gasteiger partial charge on any atom is 0.271 e. The van der Waals surface area contributed by atoms with Crippen LogP contribution in [-0.4, -0.2) is 28.6 Å². The molecule has 0 aliphatic heterocycles. The molecule has 6 heteroatoms. The molecule has 0 aliphatic carbocycles. The average Bonchev–Trinajstić information content (AvgIpc) is 3.07. The Kier molecular flexibility index (Phi) is 5.13. The third-order valence-corrected chi connectivity index (χ3v) is 4.85. The van der Waals surface area contributed by atoms with Crippen LogP contribution in [0.2, 0.25) is 0 Å². The van der Waals surface area contributed by atoms with Gasteiger partial charge in [-0.3, -0.25) is 4.79 Å². The number of aromatic nitrogens is 1. The lowest BCUT2D eigenvalue weighted by molar-refractivity contribution is 0.0881. The highest BCUT2D eigenvalue weighted by Crippen LogP contribution is 2.26. The summed E-state index contributed by atoms with van der Waals surface area (Å²) in [4.78, 5) is 16.7. The molecule has 114 valence electrons. The molecule has 0 fully saturated rings. The van der Waals surface area contributed by atoms with Crippen molar-refractivity contribution >= 4 is 28.6 Å². The van der Waals surface area contributed by atoms with Crippen LogP contribution in [0.3, 0.4) is 0 Å². The molecule has 0 saturated heterocycles. The molecule has 4 nitrogen and oxygen atoms in total. The number of carbonyl (C=O) groups excluding carboxylic acids is 1. The summed E-state index contributed by atoms with van der Waals surface area (Å²) in [6.07, 6.45) is 0.538. The molecule has 0 bridgehead atoms. The van der Waals surface area contributed by atoms with E-state index in [9.17, 15) is 4.79 Å². The summed E-state index contributed by atoms with van der Waals surface area (Å²) >= 11 is 3.08. The molecule has 2 heterocycles. The van der Waals surface area contributed by atoms with Crippen LogP contribution in [0, 0.1) is 5.41 Å². The number of thiophene rings is 1. The van der Waals surface area contributed by atoms with E-state index in [1.54, 1.807) is 16.7 Å². The summed E-state index contributed by atoms with van der Waals surface area (Å²) in [5.41, 5.74) is 1.38. The second kappa shape index (κ2) is 6.68. The fourth-order valence-electron chi connectivity index (χ4n) is 1.98. The van der Waals surface area contributed by atoms with Crippen LogP contribution in [0.4, 0.5) is 0 Å². The van der Waals surface area contributed by atoms with Crippen molar-refractivity contribution in [2.75, 3.05) is 6.61 Å². The number of rotatable bonds is 5. The predicted octanol–water partition coefficient (Wildman–Crippen LogP) is 3.40. The second-order valence-electron chi connectivity index (χ2n) is 5.95. The largest absolute Gasteiger partial charge is 0.396 e. The highest BCUT2D eigenvalue weighted by molar-refractivity contribution is 7.14. The van der Waals surface area contributed by atoms with Crippen molar-refractivity contribution in [1.82, 2.24) is 10.3 Å². The van der Waals surface area contributed by atoms with Crippen molar-refractivity contribution in [3.8, 4) is 10.6 Å². The van der Waals surface area contributed by atoms with Gasteiger partial charge in [-0.25, -0.2) is 4.98 Å². The Morgan fingerprint density at radius 3 is 2.76 bits per heavy atom. The Bertz CT molecular complexity index is 585. The number of nitrogens with one attached hydrogen (secondary N) is 1. The maximum atomic E-state index is 12.3. The van der Waals surface area contributed by atoms with Crippen molar-refractivity contribution < 1.29 is 9.90 Å². The number of hydrogen-bond acceptors (Lipinski definition) is 5. The maximum absolute atomic E-state index is 12.3. The van der Waals surface area contributed by atoms with Crippen molar-refractivity contribution in [3.05, 3.63) is 27.9 Å². The van der Waals surface area contributed by atoms with Gasteiger partial charge in [0.05, 0.1) is 0 Å². The summed E-state index contributed by atoms with van der Waals surface area (Å²) < 4.78 is 0. The molecule has 1 atom stereocenters. The Morgan fingerprint density at radius 2 is 2.19 bits per heavy atom. The zero-order chi connectivity index (χ0) is 15.5. The number of nitrogens with zero attached hydrogens (tertiary/aromatic N) is 1. The van der Waals surface area contributed by atoms with Crippen LogP contribution >= 0.6 is 22.7 Å². The molecule has 2 aromatic heterocycles. The predicted molar refractivity (Wildman–Crippen MR) is 87.8 cm³/mol. The minimum Gasteiger partial charge on any atom is -0.396 e. The van der Waals surface area contributed by atoms with E-state index < -0.39 is 0 Å². The number of thiazole rings is 1. The van der Waals surface area contributed by atoms with Gasteiger partial charge in [0.2, 0.25) is 0 Å². The molecule has 0 saturated carbocycles. The summed E-state index contributed by atoms with van der Waals surface area (Å²) in [6, 6.07) is 1.91. The first-order chi connectivity index (χ1) is 9.91. The molecule has 1 amide bonds. The van der Waals surface area contributed by atoms with Crippen molar-refractivity contribution in [2.24, 2.45) is 5.41 Å². The average molecular weight is 324 g/mol. The fourth-order valence-corrected chi connectivity index (χ4v) is 3.49. The lowest BCUT2D eigenvalue weighted by Gasteiger charge is -2.30. The van der Waals surface area contributed by atoms with Gasteiger partial charge in [-0.2, -0.15) is 11.3 Å². The Balaban J connectivity index is 2.09. The summed E-state index contributed by atoms with van der Waals surface area (Å²) in [5.74, 6) is -0.180. The van der Waals surface area contributed by atoms with Gasteiger partial charge < -0.3 is 10.4 Å². The van der Waals surface area contributed by atoms with Gasteiger partial charge in [0.15, 0.2) is 0 Å². The van der Waals surface area contributed by atoms with Gasteiger partial charge in [-0.1, -0.05) is 20.8 Å². The first-order valence-corrected chi connectivity index (χ1v) is 8.64. The third-order valence-electron chi connectivity index (χ3n) is 3.27. The molecule has 21 heavy (non-hydrogen) atoms. The van der Waals surface area contributed by atoms with Gasteiger partial charge in [0, 0.05) is 29.0 Å². The zero-order valence-electron chi connectivity index (χ0n) is 12.4. The van der Waals surface area contributed by atoms with Gasteiger partial charge in [0.25, 0.3) is 5.91 Å². The molecule has 0 aliphatic rings. The van der Waals surface area contributed by atoms with E-state index in [2.05, 4.69) is 10.3 Å². The van der Waals surface area contributed by atoms with Crippen molar-refractivity contribution in [1.29, 1.82) is 0 Å². The minimum absolute atomic E-state index is 0.0550. The minimum atomic E-state index is -0.180. The molecule has 0 aromatic carbocycles. The molecule has 0 spiro atoms. The van der Waals surface area contributed by atoms with Crippen LogP contribution in [-0.2, 0) is 0 Å². The number of amides is 1. The van der Waals surface area contributed by atoms with E-state index in [-0.39, 0.29) is 24.0 Å². The quantitative estimate of drug-likeness (QED) is 0.886. The fraction of sp³-hybridized carbons (Fsp3) is 0.467. The number of hydrogen-bond donors (Lipinski definition) is 2. The molecule has 0 radical (unpaired) electrons. The van der Waals surface area contributed by atoms with Crippen LogP contribution in [0.25, 0.3) is 10.6 Å². The van der Waals surface area contributed by atoms with E-state index in [4.69, 9.17) is 5.11 Å². The van der Waals surface area contributed by atoms with Crippen molar-refractivity contribution in [2.45, 2.75) is 33.2 Å². The van der Waals surface area contributed by atoms with Gasteiger partial charge in [-0.15, -0.1) is 11.3 Å². The summed E-state index contributed by atoms with van der Waals surface area (Å²) in [5, 5.41) is 18.8. The van der Waals surface area contributed by atoms with Crippen LogP contribution in [0.5, 0.6) is 0 Å². The molecular weight excluding hydrogens is 304 g/mol. The molecular formula is C15H20N2O2S2. The Labute approximate surface area is 132 Å². The topological polar surface area (TPSA) is 62.2 Å². The zero-order valence-corrected chi connectivity index (χ0v) is 14.1.